The number of aryl methyl sites for hydroxylation is 1. The van der Waals surface area contributed by atoms with Crippen molar-refractivity contribution >= 4 is 32.5 Å². The van der Waals surface area contributed by atoms with Gasteiger partial charge in [0.05, 0.1) is 6.26 Å². The molecule has 0 bridgehead atoms. The summed E-state index contributed by atoms with van der Waals surface area (Å²) in [6, 6.07) is 9.00. The Morgan fingerprint density at radius 2 is 1.78 bits per heavy atom. The van der Waals surface area contributed by atoms with Crippen LogP contribution in [0, 0.1) is 6.92 Å². The van der Waals surface area contributed by atoms with Crippen LogP contribution in [-0.4, -0.2) is 51.1 Å². The minimum absolute atomic E-state index is 0.259. The van der Waals surface area contributed by atoms with E-state index in [-0.39, 0.29) is 5.96 Å². The van der Waals surface area contributed by atoms with Gasteiger partial charge in [0.1, 0.15) is 0 Å². The van der Waals surface area contributed by atoms with Crippen LogP contribution >= 0.6 is 0 Å². The average molecular weight is 414 g/mol. The maximum atomic E-state index is 12.1. The second-order valence-corrected chi connectivity index (χ2v) is 7.22. The molecule has 0 aliphatic carbocycles. The summed E-state index contributed by atoms with van der Waals surface area (Å²) < 4.78 is 52.0. The molecule has 1 aromatic heterocycles. The molecule has 0 saturated heterocycles. The standard InChI is InChI=1S/C14H14N4O3S.CH4O3S/c1-10-9-11(5-6-12(10)18-7-3-4-8-18)13(19)16-14(15-2)17-22(20)21;1-5(2,3)4/h3-9H,1-2H3,(H,15,16,19);1H3,(H,2,3,4). The summed E-state index contributed by atoms with van der Waals surface area (Å²) in [6.07, 6.45) is 4.53. The summed E-state index contributed by atoms with van der Waals surface area (Å²) in [5.74, 6) is -0.734. The van der Waals surface area contributed by atoms with E-state index in [2.05, 4.69) is 14.7 Å². The number of hydrogen-bond donors (Lipinski definition) is 2. The summed E-state index contributed by atoms with van der Waals surface area (Å²) >= 11 is 0. The van der Waals surface area contributed by atoms with Crippen molar-refractivity contribution in [2.24, 2.45) is 9.36 Å². The van der Waals surface area contributed by atoms with Gasteiger partial charge in [0.15, 0.2) is 0 Å². The number of guanidine groups is 1. The van der Waals surface area contributed by atoms with Gasteiger partial charge in [0.25, 0.3) is 16.0 Å². The lowest BCUT2D eigenvalue weighted by atomic mass is 10.1. The van der Waals surface area contributed by atoms with Gasteiger partial charge in [-0.15, -0.1) is 0 Å². The molecule has 1 aromatic carbocycles. The van der Waals surface area contributed by atoms with E-state index in [4.69, 9.17) is 4.55 Å². The normalized spacial score (nSPS) is 11.2. The number of carbonyl (C=O) groups excluding carboxylic acids is 1. The van der Waals surface area contributed by atoms with Gasteiger partial charge in [-0.1, -0.05) is 4.36 Å². The summed E-state index contributed by atoms with van der Waals surface area (Å²) in [7, 11) is -5.00. The summed E-state index contributed by atoms with van der Waals surface area (Å²) in [6.45, 7) is 1.89. The third-order valence-corrected chi connectivity index (χ3v) is 3.26. The molecule has 0 saturated carbocycles. The topological polar surface area (TPSA) is 147 Å². The van der Waals surface area contributed by atoms with E-state index < -0.39 is 26.5 Å². The summed E-state index contributed by atoms with van der Waals surface area (Å²) in [5.41, 5.74) is 2.25. The van der Waals surface area contributed by atoms with E-state index in [9.17, 15) is 21.6 Å². The summed E-state index contributed by atoms with van der Waals surface area (Å²) in [5, 5.41) is 2.34. The van der Waals surface area contributed by atoms with Crippen molar-refractivity contribution in [3.8, 4) is 5.69 Å². The lowest BCUT2D eigenvalue weighted by Gasteiger charge is -2.09. The third kappa shape index (κ3) is 8.40. The van der Waals surface area contributed by atoms with Gasteiger partial charge >= 0.3 is 10.5 Å². The SMILES string of the molecule is CN=C(N=S(=O)=O)NC(=O)c1ccc(-n2cccc2)c(C)c1.CS(=O)(=O)O. The zero-order chi connectivity index (χ0) is 20.6. The predicted octanol–water partition coefficient (Wildman–Crippen LogP) is 1.07. The first kappa shape index (κ1) is 22.2. The van der Waals surface area contributed by atoms with Crippen LogP contribution in [-0.2, 0) is 20.6 Å². The van der Waals surface area contributed by atoms with Crippen LogP contribution in [0.15, 0.2) is 52.1 Å². The molecule has 0 aliphatic heterocycles. The lowest BCUT2D eigenvalue weighted by molar-refractivity contribution is 0.0976. The van der Waals surface area contributed by atoms with E-state index in [1.54, 1.807) is 12.1 Å². The monoisotopic (exact) mass is 414 g/mol. The van der Waals surface area contributed by atoms with Crippen LogP contribution in [0.5, 0.6) is 0 Å². The largest absolute Gasteiger partial charge is 0.324 e. The first-order valence-corrected chi connectivity index (χ1v) is 10.1. The van der Waals surface area contributed by atoms with Crippen LogP contribution in [0.3, 0.4) is 0 Å². The highest BCUT2D eigenvalue weighted by Crippen LogP contribution is 2.16. The molecule has 2 N–H and O–H groups in total. The number of amides is 1. The minimum Gasteiger partial charge on any atom is -0.324 e. The van der Waals surface area contributed by atoms with Crippen LogP contribution < -0.4 is 5.32 Å². The molecule has 12 heteroatoms. The Morgan fingerprint density at radius 3 is 2.22 bits per heavy atom. The molecule has 0 aliphatic rings. The number of aromatic nitrogens is 1. The first-order valence-electron chi connectivity index (χ1n) is 7.27. The lowest BCUT2D eigenvalue weighted by Crippen LogP contribution is -2.29. The Balaban J connectivity index is 0.000000646. The first-order chi connectivity index (χ1) is 12.5. The molecule has 146 valence electrons. The molecule has 2 rings (SSSR count). The second kappa shape index (κ2) is 9.75. The maximum absolute atomic E-state index is 12.1. The molecule has 2 aromatic rings. The highest BCUT2D eigenvalue weighted by Gasteiger charge is 2.10. The second-order valence-electron chi connectivity index (χ2n) is 5.13. The highest BCUT2D eigenvalue weighted by molar-refractivity contribution is 7.85. The van der Waals surface area contributed by atoms with Gasteiger partial charge in [0.2, 0.25) is 5.96 Å². The van der Waals surface area contributed by atoms with Gasteiger partial charge in [-0.25, -0.2) is 0 Å². The van der Waals surface area contributed by atoms with Crippen molar-refractivity contribution in [3.63, 3.8) is 0 Å². The molecule has 10 nitrogen and oxygen atoms in total. The van der Waals surface area contributed by atoms with E-state index in [0.717, 1.165) is 11.3 Å². The van der Waals surface area contributed by atoms with Crippen molar-refractivity contribution < 1.29 is 26.2 Å². The van der Waals surface area contributed by atoms with Gasteiger partial charge < -0.3 is 4.57 Å². The van der Waals surface area contributed by atoms with Crippen LogP contribution in [0.4, 0.5) is 0 Å². The van der Waals surface area contributed by atoms with Crippen LogP contribution in [0.2, 0.25) is 0 Å². The molecular formula is C15H18N4O6S2. The maximum Gasteiger partial charge on any atom is 0.319 e. The zero-order valence-electron chi connectivity index (χ0n) is 14.7. The van der Waals surface area contributed by atoms with Crippen molar-refractivity contribution in [1.29, 1.82) is 0 Å². The Labute approximate surface area is 158 Å². The van der Waals surface area contributed by atoms with Crippen molar-refractivity contribution in [2.45, 2.75) is 6.92 Å². The predicted molar refractivity (Wildman–Crippen MR) is 100 cm³/mol. The zero-order valence-corrected chi connectivity index (χ0v) is 16.3. The number of benzene rings is 1. The summed E-state index contributed by atoms with van der Waals surface area (Å²) in [4.78, 5) is 15.7. The van der Waals surface area contributed by atoms with E-state index >= 15 is 0 Å². The fourth-order valence-electron chi connectivity index (χ4n) is 1.95. The Kier molecular flexibility index (Phi) is 8.02. The Hall–Kier alpha value is -2.83. The third-order valence-electron chi connectivity index (χ3n) is 2.94. The van der Waals surface area contributed by atoms with E-state index in [0.29, 0.717) is 11.8 Å². The van der Waals surface area contributed by atoms with Crippen LogP contribution in [0.25, 0.3) is 5.69 Å². The van der Waals surface area contributed by atoms with Crippen molar-refractivity contribution in [1.82, 2.24) is 9.88 Å². The Morgan fingerprint density at radius 1 is 1.22 bits per heavy atom. The molecule has 0 atom stereocenters. The highest BCUT2D eigenvalue weighted by atomic mass is 32.2. The van der Waals surface area contributed by atoms with Gasteiger partial charge in [-0.05, 0) is 42.8 Å². The van der Waals surface area contributed by atoms with Crippen molar-refractivity contribution in [3.05, 3.63) is 53.9 Å². The number of carbonyl (C=O) groups is 1. The number of nitrogens with zero attached hydrogens (tertiary/aromatic N) is 3. The molecule has 0 radical (unpaired) electrons. The van der Waals surface area contributed by atoms with E-state index in [1.807, 2.05) is 42.1 Å². The smallest absolute Gasteiger partial charge is 0.319 e. The quantitative estimate of drug-likeness (QED) is 0.427. The number of rotatable bonds is 2. The Bertz CT molecular complexity index is 1060. The number of aliphatic imine (C=N–C) groups is 1. The van der Waals surface area contributed by atoms with E-state index in [1.165, 1.54) is 7.05 Å². The van der Waals surface area contributed by atoms with Crippen molar-refractivity contribution in [2.75, 3.05) is 13.3 Å². The molecule has 1 heterocycles. The van der Waals surface area contributed by atoms with Gasteiger partial charge in [0, 0.05) is 30.7 Å². The molecule has 0 unspecified atom stereocenters. The fourth-order valence-corrected chi connectivity index (χ4v) is 2.21. The number of nitrogens with one attached hydrogen (secondary N) is 1. The molecule has 1 amide bonds. The van der Waals surface area contributed by atoms with Crippen LogP contribution in [0.1, 0.15) is 15.9 Å². The van der Waals surface area contributed by atoms with Gasteiger partial charge in [-0.3, -0.25) is 19.7 Å². The molecular weight excluding hydrogens is 396 g/mol. The van der Waals surface area contributed by atoms with Gasteiger partial charge in [-0.2, -0.15) is 16.8 Å². The fraction of sp³-hybridized carbons (Fsp3) is 0.200. The molecule has 0 fully saturated rings. The molecule has 0 spiro atoms. The average Bonchev–Trinajstić information content (AvgIpc) is 3.06. The molecule has 27 heavy (non-hydrogen) atoms. The minimum atomic E-state index is -3.67. The number of hydrogen-bond acceptors (Lipinski definition) is 6.